The van der Waals surface area contributed by atoms with Crippen LogP contribution in [0.15, 0.2) is 0 Å². The van der Waals surface area contributed by atoms with Crippen molar-refractivity contribution in [1.82, 2.24) is 0 Å². The summed E-state index contributed by atoms with van der Waals surface area (Å²) in [7, 11) is 0. The average Bonchev–Trinajstić information content (AvgIpc) is 2.81. The van der Waals surface area contributed by atoms with Crippen LogP contribution in [0.1, 0.15) is 174 Å². The van der Waals surface area contributed by atoms with E-state index in [1.807, 2.05) is 0 Å². The van der Waals surface area contributed by atoms with Gasteiger partial charge in [-0.05, 0) is 19.3 Å². The van der Waals surface area contributed by atoms with Crippen LogP contribution in [-0.4, -0.2) is 22.8 Å². The lowest BCUT2D eigenvalue weighted by molar-refractivity contribution is -0.142. The summed E-state index contributed by atoms with van der Waals surface area (Å²) in [6.07, 6.45) is 32.7. The number of carbonyl (C=O) groups is 1. The molecule has 0 fully saturated rings. The van der Waals surface area contributed by atoms with E-state index in [1.165, 1.54) is 128 Å². The van der Waals surface area contributed by atoms with Gasteiger partial charge in [0.15, 0.2) is 0 Å². The monoisotopic (exact) mass is 468 g/mol. The second-order valence-corrected chi connectivity index (χ2v) is 10.5. The second-order valence-electron chi connectivity index (χ2n) is 10.5. The van der Waals surface area contributed by atoms with Crippen molar-refractivity contribution < 1.29 is 15.0 Å². The van der Waals surface area contributed by atoms with Crippen molar-refractivity contribution >= 4 is 5.97 Å². The van der Waals surface area contributed by atoms with E-state index in [2.05, 4.69) is 6.92 Å². The van der Waals surface area contributed by atoms with Crippen LogP contribution in [-0.2, 0) is 4.79 Å². The van der Waals surface area contributed by atoms with Crippen molar-refractivity contribution in [3.63, 3.8) is 0 Å². The first-order valence-electron chi connectivity index (χ1n) is 15.1. The molecule has 0 aromatic heterocycles. The number of rotatable bonds is 28. The SMILES string of the molecule is CCCCCCCCCCCCCCCCC(CCCCCCCCCCCCO)C(=O)O. The summed E-state index contributed by atoms with van der Waals surface area (Å²) in [6, 6.07) is 0. The van der Waals surface area contributed by atoms with Crippen LogP contribution < -0.4 is 0 Å². The summed E-state index contributed by atoms with van der Waals surface area (Å²) in [5.41, 5.74) is 0. The summed E-state index contributed by atoms with van der Waals surface area (Å²) in [5, 5.41) is 18.3. The predicted octanol–water partition coefficient (Wildman–Crippen LogP) is 9.84. The normalized spacial score (nSPS) is 12.3. The van der Waals surface area contributed by atoms with Gasteiger partial charge in [-0.3, -0.25) is 4.79 Å². The van der Waals surface area contributed by atoms with Crippen molar-refractivity contribution in [2.24, 2.45) is 5.92 Å². The highest BCUT2D eigenvalue weighted by Crippen LogP contribution is 2.20. The Balaban J connectivity index is 3.41. The minimum absolute atomic E-state index is 0.117. The number of carboxylic acid groups (broad SMARTS) is 1. The van der Waals surface area contributed by atoms with E-state index in [4.69, 9.17) is 5.11 Å². The highest BCUT2D eigenvalue weighted by molar-refractivity contribution is 5.69. The van der Waals surface area contributed by atoms with E-state index in [-0.39, 0.29) is 5.92 Å². The van der Waals surface area contributed by atoms with Crippen LogP contribution in [0, 0.1) is 5.92 Å². The lowest BCUT2D eigenvalue weighted by Gasteiger charge is -2.12. The van der Waals surface area contributed by atoms with E-state index in [9.17, 15) is 9.90 Å². The third-order valence-electron chi connectivity index (χ3n) is 7.22. The number of unbranched alkanes of at least 4 members (excludes halogenated alkanes) is 22. The molecule has 0 aliphatic carbocycles. The molecule has 2 N–H and O–H groups in total. The number of carboxylic acids is 1. The molecule has 0 bridgehead atoms. The van der Waals surface area contributed by atoms with E-state index in [1.54, 1.807) is 0 Å². The number of aliphatic hydroxyl groups excluding tert-OH is 1. The molecule has 0 rings (SSSR count). The first-order chi connectivity index (χ1) is 16.2. The molecular weight excluding hydrogens is 408 g/mol. The lowest BCUT2D eigenvalue weighted by Crippen LogP contribution is -2.13. The van der Waals surface area contributed by atoms with Crippen molar-refractivity contribution in [3.8, 4) is 0 Å². The number of aliphatic hydroxyl groups is 1. The Hall–Kier alpha value is -0.570. The molecule has 3 nitrogen and oxygen atoms in total. The molecule has 0 saturated carbocycles. The number of hydrogen-bond donors (Lipinski definition) is 2. The molecule has 3 heteroatoms. The van der Waals surface area contributed by atoms with Gasteiger partial charge in [-0.15, -0.1) is 0 Å². The fourth-order valence-electron chi connectivity index (χ4n) is 4.89. The summed E-state index contributed by atoms with van der Waals surface area (Å²) < 4.78 is 0. The Morgan fingerprint density at radius 3 is 1.03 bits per heavy atom. The zero-order valence-corrected chi connectivity index (χ0v) is 22.5. The van der Waals surface area contributed by atoms with Gasteiger partial charge in [0.05, 0.1) is 5.92 Å². The van der Waals surface area contributed by atoms with Crippen LogP contribution in [0.25, 0.3) is 0 Å². The van der Waals surface area contributed by atoms with Gasteiger partial charge in [-0.25, -0.2) is 0 Å². The molecule has 1 atom stereocenters. The molecule has 0 aromatic rings. The van der Waals surface area contributed by atoms with Gasteiger partial charge < -0.3 is 10.2 Å². The second kappa shape index (κ2) is 27.7. The predicted molar refractivity (Wildman–Crippen MR) is 144 cm³/mol. The maximum Gasteiger partial charge on any atom is 0.306 e. The van der Waals surface area contributed by atoms with Gasteiger partial charge in [0, 0.05) is 6.61 Å². The van der Waals surface area contributed by atoms with Crippen LogP contribution >= 0.6 is 0 Å². The van der Waals surface area contributed by atoms with Crippen LogP contribution in [0.2, 0.25) is 0 Å². The quantitative estimate of drug-likeness (QED) is 0.112. The maximum absolute atomic E-state index is 11.6. The third-order valence-corrected chi connectivity index (χ3v) is 7.22. The molecular formula is C30H60O3. The molecule has 0 spiro atoms. The van der Waals surface area contributed by atoms with Gasteiger partial charge in [0.25, 0.3) is 0 Å². The zero-order chi connectivity index (χ0) is 24.2. The highest BCUT2D eigenvalue weighted by atomic mass is 16.4. The topological polar surface area (TPSA) is 57.5 Å². The minimum Gasteiger partial charge on any atom is -0.481 e. The lowest BCUT2D eigenvalue weighted by atomic mass is 9.94. The van der Waals surface area contributed by atoms with Crippen molar-refractivity contribution in [1.29, 1.82) is 0 Å². The summed E-state index contributed by atoms with van der Waals surface area (Å²) in [4.78, 5) is 11.6. The summed E-state index contributed by atoms with van der Waals surface area (Å²) >= 11 is 0. The molecule has 198 valence electrons. The molecule has 0 aliphatic rings. The van der Waals surface area contributed by atoms with Crippen LogP contribution in [0.4, 0.5) is 0 Å². The minimum atomic E-state index is -0.576. The largest absolute Gasteiger partial charge is 0.481 e. The maximum atomic E-state index is 11.6. The van der Waals surface area contributed by atoms with E-state index in [0.717, 1.165) is 38.5 Å². The van der Waals surface area contributed by atoms with E-state index >= 15 is 0 Å². The van der Waals surface area contributed by atoms with Gasteiger partial charge in [0.1, 0.15) is 0 Å². The standard InChI is InChI=1S/C30H60O3/c1-2-3-4-5-6-7-8-9-10-11-14-17-20-23-26-29(30(32)33)27-24-21-18-15-12-13-16-19-22-25-28-31/h29,31H,2-28H2,1H3,(H,32,33). The Morgan fingerprint density at radius 2 is 0.758 bits per heavy atom. The van der Waals surface area contributed by atoms with Crippen molar-refractivity contribution in [2.75, 3.05) is 6.61 Å². The highest BCUT2D eigenvalue weighted by Gasteiger charge is 2.16. The Kier molecular flexibility index (Phi) is 27.2. The molecule has 0 radical (unpaired) electrons. The molecule has 0 aromatic carbocycles. The summed E-state index contributed by atoms with van der Waals surface area (Å²) in [6.45, 7) is 2.61. The third kappa shape index (κ3) is 25.9. The first-order valence-corrected chi connectivity index (χ1v) is 15.1. The average molecular weight is 469 g/mol. The molecule has 33 heavy (non-hydrogen) atoms. The van der Waals surface area contributed by atoms with Gasteiger partial charge in [0.2, 0.25) is 0 Å². The zero-order valence-electron chi connectivity index (χ0n) is 22.5. The van der Waals surface area contributed by atoms with Gasteiger partial charge in [-0.2, -0.15) is 0 Å². The first kappa shape index (κ1) is 32.4. The fourth-order valence-corrected chi connectivity index (χ4v) is 4.89. The van der Waals surface area contributed by atoms with Gasteiger partial charge >= 0.3 is 5.97 Å². The summed E-state index contributed by atoms with van der Waals surface area (Å²) in [5.74, 6) is -0.693. The molecule has 0 heterocycles. The van der Waals surface area contributed by atoms with Crippen LogP contribution in [0.5, 0.6) is 0 Å². The molecule has 0 saturated heterocycles. The fraction of sp³-hybridized carbons (Fsp3) is 0.967. The smallest absolute Gasteiger partial charge is 0.306 e. The van der Waals surface area contributed by atoms with Crippen molar-refractivity contribution in [3.05, 3.63) is 0 Å². The molecule has 0 amide bonds. The molecule has 1 unspecified atom stereocenters. The van der Waals surface area contributed by atoms with Crippen LogP contribution in [0.3, 0.4) is 0 Å². The number of hydrogen-bond acceptors (Lipinski definition) is 2. The van der Waals surface area contributed by atoms with Gasteiger partial charge in [-0.1, -0.05) is 155 Å². The van der Waals surface area contributed by atoms with E-state index in [0.29, 0.717) is 6.61 Å². The number of aliphatic carboxylic acids is 1. The Labute approximate surface area is 207 Å². The van der Waals surface area contributed by atoms with E-state index < -0.39 is 5.97 Å². The van der Waals surface area contributed by atoms with Crippen molar-refractivity contribution in [2.45, 2.75) is 174 Å². The molecule has 0 aliphatic heterocycles. The Bertz CT molecular complexity index is 383. The Morgan fingerprint density at radius 1 is 0.485 bits per heavy atom.